The SMILES string of the molecule is COC(=O)CNC1CC(C)(C)N(C(C)=O)C(C)(C)C1. The van der Waals surface area contributed by atoms with Crippen LogP contribution < -0.4 is 5.32 Å². The Labute approximate surface area is 115 Å². The first-order chi connectivity index (χ1) is 8.60. The maximum atomic E-state index is 11.9. The van der Waals surface area contributed by atoms with E-state index in [4.69, 9.17) is 0 Å². The Kier molecular flexibility index (Phi) is 4.61. The number of carbonyl (C=O) groups is 2. The van der Waals surface area contributed by atoms with Crippen molar-refractivity contribution in [3.05, 3.63) is 0 Å². The first-order valence-corrected chi connectivity index (χ1v) is 6.71. The third-order valence-corrected chi connectivity index (χ3v) is 3.78. The van der Waals surface area contributed by atoms with Crippen LogP contribution in [-0.4, -0.2) is 47.6 Å². The lowest BCUT2D eigenvalue weighted by molar-refractivity contribution is -0.148. The summed E-state index contributed by atoms with van der Waals surface area (Å²) in [5.41, 5.74) is -0.442. The summed E-state index contributed by atoms with van der Waals surface area (Å²) in [4.78, 5) is 25.0. The van der Waals surface area contributed by atoms with Gasteiger partial charge in [-0.25, -0.2) is 0 Å². The topological polar surface area (TPSA) is 58.6 Å². The molecule has 0 aliphatic carbocycles. The molecule has 0 radical (unpaired) electrons. The summed E-state index contributed by atoms with van der Waals surface area (Å²) in [7, 11) is 1.39. The largest absolute Gasteiger partial charge is 0.468 e. The number of nitrogens with zero attached hydrogens (tertiary/aromatic N) is 1. The second-order valence-corrected chi connectivity index (χ2v) is 6.54. The van der Waals surface area contributed by atoms with Crippen LogP contribution in [0.2, 0.25) is 0 Å². The van der Waals surface area contributed by atoms with Gasteiger partial charge in [0.25, 0.3) is 0 Å². The molecule has 1 amide bonds. The number of piperidine rings is 1. The Hall–Kier alpha value is -1.10. The van der Waals surface area contributed by atoms with Crippen LogP contribution >= 0.6 is 0 Å². The maximum Gasteiger partial charge on any atom is 0.319 e. The number of hydrogen-bond acceptors (Lipinski definition) is 4. The number of likely N-dealkylation sites (tertiary alicyclic amines) is 1. The molecule has 1 fully saturated rings. The molecule has 110 valence electrons. The summed E-state index contributed by atoms with van der Waals surface area (Å²) in [5, 5.41) is 3.23. The fraction of sp³-hybridized carbons (Fsp3) is 0.857. The summed E-state index contributed by atoms with van der Waals surface area (Å²) < 4.78 is 4.64. The van der Waals surface area contributed by atoms with E-state index in [2.05, 4.69) is 37.7 Å². The van der Waals surface area contributed by atoms with Crippen molar-refractivity contribution in [3.63, 3.8) is 0 Å². The maximum absolute atomic E-state index is 11.9. The number of carbonyl (C=O) groups excluding carboxylic acids is 2. The van der Waals surface area contributed by atoms with Crippen molar-refractivity contribution in [3.8, 4) is 0 Å². The third kappa shape index (κ3) is 3.69. The molecule has 0 aromatic heterocycles. The highest BCUT2D eigenvalue weighted by Gasteiger charge is 2.46. The van der Waals surface area contributed by atoms with E-state index in [0.717, 1.165) is 12.8 Å². The van der Waals surface area contributed by atoms with Crippen molar-refractivity contribution in [1.29, 1.82) is 0 Å². The summed E-state index contributed by atoms with van der Waals surface area (Å²) in [6, 6.07) is 0.208. The Morgan fingerprint density at radius 3 is 2.05 bits per heavy atom. The predicted octanol–water partition coefficient (Wildman–Crippen LogP) is 1.32. The second-order valence-electron chi connectivity index (χ2n) is 6.54. The van der Waals surface area contributed by atoms with Gasteiger partial charge in [-0.15, -0.1) is 0 Å². The molecule has 0 atom stereocenters. The lowest BCUT2D eigenvalue weighted by atomic mass is 9.77. The molecule has 5 nitrogen and oxygen atoms in total. The standard InChI is InChI=1S/C14H26N2O3/c1-10(17)16-13(2,3)7-11(8-14(16,4)5)15-9-12(18)19-6/h11,15H,7-9H2,1-6H3. The van der Waals surface area contributed by atoms with Gasteiger partial charge in [0.1, 0.15) is 0 Å². The molecule has 1 aliphatic rings. The molecule has 0 saturated carbocycles. The molecule has 0 aromatic carbocycles. The molecular formula is C14H26N2O3. The van der Waals surface area contributed by atoms with Gasteiger partial charge >= 0.3 is 5.97 Å². The van der Waals surface area contributed by atoms with Crippen molar-refractivity contribution in [2.75, 3.05) is 13.7 Å². The number of methoxy groups -OCH3 is 1. The summed E-state index contributed by atoms with van der Waals surface area (Å²) in [6.07, 6.45) is 1.65. The molecule has 1 rings (SSSR count). The van der Waals surface area contributed by atoms with Crippen LogP contribution in [0.5, 0.6) is 0 Å². The van der Waals surface area contributed by atoms with Gasteiger partial charge in [-0.2, -0.15) is 0 Å². The van der Waals surface area contributed by atoms with Crippen molar-refractivity contribution in [2.45, 2.75) is 64.6 Å². The molecule has 1 aliphatic heterocycles. The van der Waals surface area contributed by atoms with E-state index in [9.17, 15) is 9.59 Å². The Bertz CT molecular complexity index is 346. The Morgan fingerprint density at radius 2 is 1.68 bits per heavy atom. The lowest BCUT2D eigenvalue weighted by Crippen LogP contribution is -2.65. The lowest BCUT2D eigenvalue weighted by Gasteiger charge is -2.55. The molecular weight excluding hydrogens is 244 g/mol. The molecule has 0 aromatic rings. The van der Waals surface area contributed by atoms with Crippen LogP contribution in [0.3, 0.4) is 0 Å². The smallest absolute Gasteiger partial charge is 0.319 e. The second kappa shape index (κ2) is 5.49. The normalized spacial score (nSPS) is 22.1. The third-order valence-electron chi connectivity index (χ3n) is 3.78. The first kappa shape index (κ1) is 16.0. The van der Waals surface area contributed by atoms with Gasteiger partial charge in [0, 0.05) is 24.0 Å². The average molecular weight is 270 g/mol. The fourth-order valence-corrected chi connectivity index (χ4v) is 3.58. The van der Waals surface area contributed by atoms with Gasteiger partial charge in [-0.3, -0.25) is 9.59 Å². The van der Waals surface area contributed by atoms with Gasteiger partial charge < -0.3 is 15.0 Å². The molecule has 1 N–H and O–H groups in total. The van der Waals surface area contributed by atoms with Crippen molar-refractivity contribution in [2.24, 2.45) is 0 Å². The van der Waals surface area contributed by atoms with E-state index in [1.165, 1.54) is 7.11 Å². The van der Waals surface area contributed by atoms with Crippen molar-refractivity contribution in [1.82, 2.24) is 10.2 Å². The van der Waals surface area contributed by atoms with E-state index in [-0.39, 0.29) is 35.5 Å². The van der Waals surface area contributed by atoms with Crippen molar-refractivity contribution < 1.29 is 14.3 Å². The quantitative estimate of drug-likeness (QED) is 0.786. The minimum Gasteiger partial charge on any atom is -0.468 e. The molecule has 5 heteroatoms. The minimum atomic E-state index is -0.260. The highest BCUT2D eigenvalue weighted by molar-refractivity contribution is 5.75. The molecule has 1 heterocycles. The monoisotopic (exact) mass is 270 g/mol. The minimum absolute atomic E-state index is 0.0985. The van der Waals surface area contributed by atoms with Crippen LogP contribution in [0, 0.1) is 0 Å². The highest BCUT2D eigenvalue weighted by atomic mass is 16.5. The van der Waals surface area contributed by atoms with E-state index in [1.807, 2.05) is 4.90 Å². The Balaban J connectivity index is 2.78. The van der Waals surface area contributed by atoms with Gasteiger partial charge in [-0.05, 0) is 40.5 Å². The number of nitrogens with one attached hydrogen (secondary N) is 1. The number of ether oxygens (including phenoxy) is 1. The van der Waals surface area contributed by atoms with E-state index < -0.39 is 0 Å². The zero-order chi connectivity index (χ0) is 14.8. The van der Waals surface area contributed by atoms with E-state index >= 15 is 0 Å². The van der Waals surface area contributed by atoms with Gasteiger partial charge in [0.05, 0.1) is 13.7 Å². The number of rotatable bonds is 3. The number of amides is 1. The van der Waals surface area contributed by atoms with Crippen LogP contribution in [0.25, 0.3) is 0 Å². The molecule has 0 bridgehead atoms. The Morgan fingerprint density at radius 1 is 1.21 bits per heavy atom. The number of esters is 1. The van der Waals surface area contributed by atoms with Crippen LogP contribution in [-0.2, 0) is 14.3 Å². The van der Waals surface area contributed by atoms with Crippen LogP contribution in [0.4, 0.5) is 0 Å². The molecule has 0 spiro atoms. The van der Waals surface area contributed by atoms with Crippen LogP contribution in [0.15, 0.2) is 0 Å². The molecule has 19 heavy (non-hydrogen) atoms. The molecule has 1 saturated heterocycles. The van der Waals surface area contributed by atoms with Crippen molar-refractivity contribution >= 4 is 11.9 Å². The summed E-state index contributed by atoms with van der Waals surface area (Å²) >= 11 is 0. The highest BCUT2D eigenvalue weighted by Crippen LogP contribution is 2.38. The predicted molar refractivity (Wildman–Crippen MR) is 73.7 cm³/mol. The van der Waals surface area contributed by atoms with Gasteiger partial charge in [0.2, 0.25) is 5.91 Å². The molecule has 0 unspecified atom stereocenters. The van der Waals surface area contributed by atoms with E-state index in [0.29, 0.717) is 0 Å². The summed E-state index contributed by atoms with van der Waals surface area (Å²) in [5.74, 6) is -0.161. The zero-order valence-corrected chi connectivity index (χ0v) is 12.9. The fourth-order valence-electron chi connectivity index (χ4n) is 3.58. The van der Waals surface area contributed by atoms with Crippen LogP contribution in [0.1, 0.15) is 47.5 Å². The first-order valence-electron chi connectivity index (χ1n) is 6.71. The number of hydrogen-bond donors (Lipinski definition) is 1. The van der Waals surface area contributed by atoms with Gasteiger partial charge in [-0.1, -0.05) is 0 Å². The summed E-state index contributed by atoms with van der Waals surface area (Å²) in [6.45, 7) is 10.1. The van der Waals surface area contributed by atoms with E-state index in [1.54, 1.807) is 6.92 Å². The zero-order valence-electron chi connectivity index (χ0n) is 12.9. The average Bonchev–Trinajstić information content (AvgIpc) is 2.21. The van der Waals surface area contributed by atoms with Gasteiger partial charge in [0.15, 0.2) is 0 Å².